The summed E-state index contributed by atoms with van der Waals surface area (Å²) in [6.45, 7) is 0.124. The molecule has 0 bridgehead atoms. The van der Waals surface area contributed by atoms with E-state index >= 15 is 0 Å². The van der Waals surface area contributed by atoms with Crippen molar-refractivity contribution in [2.75, 3.05) is 31.6 Å². The van der Waals surface area contributed by atoms with Gasteiger partial charge in [0.1, 0.15) is 11.8 Å². The van der Waals surface area contributed by atoms with Gasteiger partial charge in [0.25, 0.3) is 5.91 Å². The van der Waals surface area contributed by atoms with Crippen LogP contribution < -0.4 is 5.32 Å². The Morgan fingerprint density at radius 3 is 2.50 bits per heavy atom. The first-order valence-electron chi connectivity index (χ1n) is 6.99. The number of nitrogens with zero attached hydrogens (tertiary/aromatic N) is 1. The fraction of sp³-hybridized carbons (Fsp3) is 0.429. The highest BCUT2D eigenvalue weighted by Gasteiger charge is 2.31. The molecule has 1 heterocycles. The number of carbonyl (C=O) groups excluding carboxylic acids is 2. The summed E-state index contributed by atoms with van der Waals surface area (Å²) in [5.74, 6) is -8.45. The number of nitrogens with one attached hydrogen (secondary N) is 1. The zero-order valence-corrected chi connectivity index (χ0v) is 12.3. The summed E-state index contributed by atoms with van der Waals surface area (Å²) in [6, 6.07) is 0.0147. The monoisotopic (exact) mass is 350 g/mol. The molecule has 1 aromatic carbocycles. The van der Waals surface area contributed by atoms with Gasteiger partial charge in [-0.25, -0.2) is 17.6 Å². The Kier molecular flexibility index (Phi) is 5.73. The topological polar surface area (TPSA) is 78.9 Å². The molecular formula is C14H14F4N2O4. The zero-order valence-electron chi connectivity index (χ0n) is 12.3. The van der Waals surface area contributed by atoms with Crippen LogP contribution in [0.4, 0.5) is 23.2 Å². The molecule has 0 radical (unpaired) electrons. The molecule has 1 saturated heterocycles. The van der Waals surface area contributed by atoms with Crippen molar-refractivity contribution in [3.05, 3.63) is 29.3 Å². The van der Waals surface area contributed by atoms with Crippen LogP contribution >= 0.6 is 0 Å². The standard InChI is InChI=1S/C14H14F4N2O4/c15-7-5-8(16)12(18)13(11(7)17)19-10(22)6-9-14(23)20(1-3-21)2-4-24-9/h5,9,21H,1-4,6H2,(H,19,22). The summed E-state index contributed by atoms with van der Waals surface area (Å²) in [5.41, 5.74) is -1.27. The Bertz CT molecular complexity index is 628. The van der Waals surface area contributed by atoms with Crippen LogP contribution in [0.1, 0.15) is 6.42 Å². The number of ether oxygens (including phenoxy) is 1. The molecule has 1 aliphatic heterocycles. The second-order valence-electron chi connectivity index (χ2n) is 5.00. The molecule has 1 aromatic rings. The Labute approximate surface area is 134 Å². The molecule has 6 nitrogen and oxygen atoms in total. The van der Waals surface area contributed by atoms with E-state index in [1.54, 1.807) is 5.32 Å². The van der Waals surface area contributed by atoms with Crippen molar-refractivity contribution in [2.45, 2.75) is 12.5 Å². The van der Waals surface area contributed by atoms with Crippen molar-refractivity contribution in [3.63, 3.8) is 0 Å². The van der Waals surface area contributed by atoms with E-state index in [1.165, 1.54) is 4.90 Å². The SMILES string of the molecule is O=C(CC1OCCN(CCO)C1=O)Nc1c(F)c(F)cc(F)c1F. The number of rotatable bonds is 5. The molecule has 132 valence electrons. The van der Waals surface area contributed by atoms with Gasteiger partial charge in [-0.05, 0) is 0 Å². The molecule has 0 aromatic heterocycles. The number of hydrogen-bond acceptors (Lipinski definition) is 4. The molecule has 1 unspecified atom stereocenters. The second kappa shape index (κ2) is 7.58. The third-order valence-corrected chi connectivity index (χ3v) is 3.38. The van der Waals surface area contributed by atoms with Crippen LogP contribution in [0, 0.1) is 23.3 Å². The normalized spacial score (nSPS) is 18.0. The predicted octanol–water partition coefficient (Wildman–Crippen LogP) is 0.791. The quantitative estimate of drug-likeness (QED) is 0.608. The summed E-state index contributed by atoms with van der Waals surface area (Å²) in [7, 11) is 0. The van der Waals surface area contributed by atoms with Crippen LogP contribution in [0.15, 0.2) is 6.07 Å². The number of benzene rings is 1. The number of halogens is 4. The van der Waals surface area contributed by atoms with E-state index in [1.807, 2.05) is 0 Å². The number of aliphatic hydroxyl groups excluding tert-OH is 1. The highest BCUT2D eigenvalue weighted by molar-refractivity contribution is 5.95. The van der Waals surface area contributed by atoms with Crippen molar-refractivity contribution in [1.29, 1.82) is 0 Å². The van der Waals surface area contributed by atoms with E-state index < -0.39 is 53.3 Å². The lowest BCUT2D eigenvalue weighted by Gasteiger charge is -2.31. The predicted molar refractivity (Wildman–Crippen MR) is 72.9 cm³/mol. The summed E-state index contributed by atoms with van der Waals surface area (Å²) in [4.78, 5) is 25.1. The molecule has 1 fully saturated rings. The lowest BCUT2D eigenvalue weighted by atomic mass is 10.1. The second-order valence-corrected chi connectivity index (χ2v) is 5.00. The maximum Gasteiger partial charge on any atom is 0.252 e. The zero-order chi connectivity index (χ0) is 17.9. The van der Waals surface area contributed by atoms with E-state index in [2.05, 4.69) is 0 Å². The molecule has 1 atom stereocenters. The Balaban J connectivity index is 2.07. The largest absolute Gasteiger partial charge is 0.395 e. The summed E-state index contributed by atoms with van der Waals surface area (Å²) in [5, 5.41) is 10.5. The highest BCUT2D eigenvalue weighted by atomic mass is 19.2. The van der Waals surface area contributed by atoms with Crippen LogP contribution in [0.5, 0.6) is 0 Å². The van der Waals surface area contributed by atoms with E-state index in [4.69, 9.17) is 9.84 Å². The van der Waals surface area contributed by atoms with Gasteiger partial charge in [0.15, 0.2) is 23.3 Å². The van der Waals surface area contributed by atoms with Crippen molar-refractivity contribution in [2.24, 2.45) is 0 Å². The third-order valence-electron chi connectivity index (χ3n) is 3.38. The first-order chi connectivity index (χ1) is 11.3. The van der Waals surface area contributed by atoms with Crippen LogP contribution in [-0.4, -0.2) is 54.2 Å². The Morgan fingerprint density at radius 1 is 1.29 bits per heavy atom. The average molecular weight is 350 g/mol. The third kappa shape index (κ3) is 3.82. The first kappa shape index (κ1) is 18.1. The molecule has 2 N–H and O–H groups in total. The molecule has 2 rings (SSSR count). The number of amides is 2. The molecule has 0 aliphatic carbocycles. The van der Waals surface area contributed by atoms with Gasteiger partial charge < -0.3 is 20.1 Å². The summed E-state index contributed by atoms with van der Waals surface area (Å²) < 4.78 is 58.3. The molecular weight excluding hydrogens is 336 g/mol. The fourth-order valence-electron chi connectivity index (χ4n) is 2.22. The van der Waals surface area contributed by atoms with Crippen molar-refractivity contribution in [3.8, 4) is 0 Å². The van der Waals surface area contributed by atoms with E-state index in [0.717, 1.165) is 0 Å². The van der Waals surface area contributed by atoms with Crippen molar-refractivity contribution in [1.82, 2.24) is 4.90 Å². The Hall–Kier alpha value is -2.20. The van der Waals surface area contributed by atoms with Gasteiger partial charge >= 0.3 is 0 Å². The minimum atomic E-state index is -1.75. The van der Waals surface area contributed by atoms with Crippen molar-refractivity contribution < 1.29 is 37.0 Å². The number of aliphatic hydroxyl groups is 1. The first-order valence-corrected chi connectivity index (χ1v) is 6.99. The van der Waals surface area contributed by atoms with Crippen LogP contribution in [0.2, 0.25) is 0 Å². The minimum absolute atomic E-state index is 0.0147. The van der Waals surface area contributed by atoms with Gasteiger partial charge in [0.2, 0.25) is 5.91 Å². The van der Waals surface area contributed by atoms with E-state index in [-0.39, 0.29) is 32.4 Å². The molecule has 10 heteroatoms. The number of β-amino-alcohol motifs (C(OH)–C–C–N with tert-alkyl or cyclic N) is 1. The fourth-order valence-corrected chi connectivity index (χ4v) is 2.22. The van der Waals surface area contributed by atoms with Gasteiger partial charge in [-0.15, -0.1) is 0 Å². The number of anilines is 1. The highest BCUT2D eigenvalue weighted by Crippen LogP contribution is 2.24. The van der Waals surface area contributed by atoms with Crippen LogP contribution in [-0.2, 0) is 14.3 Å². The van der Waals surface area contributed by atoms with E-state index in [9.17, 15) is 27.2 Å². The van der Waals surface area contributed by atoms with Crippen LogP contribution in [0.25, 0.3) is 0 Å². The number of carbonyl (C=O) groups is 2. The van der Waals surface area contributed by atoms with Gasteiger partial charge in [-0.2, -0.15) is 0 Å². The van der Waals surface area contributed by atoms with Crippen molar-refractivity contribution >= 4 is 17.5 Å². The molecule has 24 heavy (non-hydrogen) atoms. The number of hydrogen-bond donors (Lipinski definition) is 2. The minimum Gasteiger partial charge on any atom is -0.395 e. The Morgan fingerprint density at radius 2 is 1.92 bits per heavy atom. The molecule has 1 aliphatic rings. The van der Waals surface area contributed by atoms with Gasteiger partial charge in [0, 0.05) is 19.2 Å². The number of morpholine rings is 1. The lowest BCUT2D eigenvalue weighted by Crippen LogP contribution is -2.49. The van der Waals surface area contributed by atoms with Crippen LogP contribution in [0.3, 0.4) is 0 Å². The summed E-state index contributed by atoms with van der Waals surface area (Å²) in [6.07, 6.45) is -1.81. The average Bonchev–Trinajstić information content (AvgIpc) is 2.54. The maximum absolute atomic E-state index is 13.5. The molecule has 0 spiro atoms. The summed E-state index contributed by atoms with van der Waals surface area (Å²) >= 11 is 0. The van der Waals surface area contributed by atoms with Gasteiger partial charge in [0.05, 0.1) is 19.6 Å². The lowest BCUT2D eigenvalue weighted by molar-refractivity contribution is -0.155. The van der Waals surface area contributed by atoms with E-state index in [0.29, 0.717) is 0 Å². The van der Waals surface area contributed by atoms with Gasteiger partial charge in [-0.1, -0.05) is 0 Å². The smallest absolute Gasteiger partial charge is 0.252 e. The van der Waals surface area contributed by atoms with Gasteiger partial charge in [-0.3, -0.25) is 9.59 Å². The maximum atomic E-state index is 13.5. The molecule has 0 saturated carbocycles. The molecule has 2 amide bonds.